The van der Waals surface area contributed by atoms with Crippen molar-refractivity contribution in [2.75, 3.05) is 0 Å². The highest BCUT2D eigenvalue weighted by molar-refractivity contribution is 6.31. The molecule has 0 fully saturated rings. The van der Waals surface area contributed by atoms with Crippen LogP contribution in [0.25, 0.3) is 0 Å². The molecule has 0 spiro atoms. The summed E-state index contributed by atoms with van der Waals surface area (Å²) >= 11 is 6.08. The average Bonchev–Trinajstić information content (AvgIpc) is 2.27. The Morgan fingerprint density at radius 1 is 1.12 bits per heavy atom. The molecular weight excluding hydrogens is 232 g/mol. The Morgan fingerprint density at radius 2 is 1.88 bits per heavy atom. The van der Waals surface area contributed by atoms with E-state index in [2.05, 4.69) is 19.9 Å². The second-order valence-electron chi connectivity index (χ2n) is 4.61. The van der Waals surface area contributed by atoms with Gasteiger partial charge in [0.05, 0.1) is 0 Å². The van der Waals surface area contributed by atoms with Crippen LogP contribution in [0.1, 0.15) is 32.3 Å². The molecule has 17 heavy (non-hydrogen) atoms. The van der Waals surface area contributed by atoms with E-state index < -0.39 is 0 Å². The van der Waals surface area contributed by atoms with Gasteiger partial charge < -0.3 is 4.74 Å². The molecule has 90 valence electrons. The lowest BCUT2D eigenvalue weighted by molar-refractivity contribution is 0.395. The van der Waals surface area contributed by atoms with Gasteiger partial charge in [0.1, 0.15) is 11.5 Å². The van der Waals surface area contributed by atoms with E-state index in [0.29, 0.717) is 0 Å². The van der Waals surface area contributed by atoms with Crippen LogP contribution in [0.15, 0.2) is 41.2 Å². The summed E-state index contributed by atoms with van der Waals surface area (Å²) in [5, 5.41) is 0.753. The summed E-state index contributed by atoms with van der Waals surface area (Å²) in [7, 11) is 0. The molecule has 0 saturated carbocycles. The molecule has 0 bridgehead atoms. The maximum absolute atomic E-state index is 6.08. The molecule has 2 rings (SSSR count). The molecule has 0 aliphatic heterocycles. The maximum atomic E-state index is 6.08. The van der Waals surface area contributed by atoms with Gasteiger partial charge in [0.2, 0.25) is 0 Å². The van der Waals surface area contributed by atoms with Crippen LogP contribution in [0.4, 0.5) is 0 Å². The van der Waals surface area contributed by atoms with Crippen molar-refractivity contribution in [2.45, 2.75) is 33.6 Å². The molecule has 2 heteroatoms. The summed E-state index contributed by atoms with van der Waals surface area (Å²) in [5.41, 5.74) is 3.70. The first-order valence-corrected chi connectivity index (χ1v) is 6.25. The van der Waals surface area contributed by atoms with E-state index in [-0.39, 0.29) is 0 Å². The molecule has 0 N–H and O–H groups in total. The van der Waals surface area contributed by atoms with Gasteiger partial charge in [-0.1, -0.05) is 29.3 Å². The van der Waals surface area contributed by atoms with Crippen molar-refractivity contribution in [1.29, 1.82) is 0 Å². The van der Waals surface area contributed by atoms with Crippen molar-refractivity contribution in [2.24, 2.45) is 0 Å². The van der Waals surface area contributed by atoms with Crippen molar-refractivity contribution in [3.05, 3.63) is 51.8 Å². The fourth-order valence-electron chi connectivity index (χ4n) is 1.94. The van der Waals surface area contributed by atoms with E-state index in [9.17, 15) is 0 Å². The summed E-state index contributed by atoms with van der Waals surface area (Å²) in [6.45, 7) is 6.24. The number of hydrogen-bond donors (Lipinski definition) is 0. The van der Waals surface area contributed by atoms with Crippen molar-refractivity contribution < 1.29 is 4.74 Å². The highest BCUT2D eigenvalue weighted by atomic mass is 35.5. The zero-order chi connectivity index (χ0) is 12.4. The van der Waals surface area contributed by atoms with Gasteiger partial charge >= 0.3 is 0 Å². The minimum atomic E-state index is 0.753. The van der Waals surface area contributed by atoms with Gasteiger partial charge in [-0.05, 0) is 50.5 Å². The fourth-order valence-corrected chi connectivity index (χ4v) is 2.11. The van der Waals surface area contributed by atoms with Crippen LogP contribution in [0, 0.1) is 6.92 Å². The normalized spacial score (nSPS) is 15.9. The third-order valence-electron chi connectivity index (χ3n) is 3.03. The molecule has 1 nitrogen and oxygen atoms in total. The highest BCUT2D eigenvalue weighted by Crippen LogP contribution is 2.28. The maximum Gasteiger partial charge on any atom is 0.128 e. The van der Waals surface area contributed by atoms with Crippen molar-refractivity contribution in [3.63, 3.8) is 0 Å². The molecule has 0 atom stereocenters. The van der Waals surface area contributed by atoms with E-state index in [4.69, 9.17) is 16.3 Å². The van der Waals surface area contributed by atoms with Crippen LogP contribution in [0.2, 0.25) is 5.02 Å². The Kier molecular flexibility index (Phi) is 3.58. The van der Waals surface area contributed by atoms with Crippen LogP contribution < -0.4 is 4.74 Å². The minimum absolute atomic E-state index is 0.753. The van der Waals surface area contributed by atoms with Crippen LogP contribution >= 0.6 is 11.6 Å². The van der Waals surface area contributed by atoms with Crippen molar-refractivity contribution in [1.82, 2.24) is 0 Å². The molecule has 0 saturated heterocycles. The van der Waals surface area contributed by atoms with Gasteiger partial charge in [0, 0.05) is 11.4 Å². The van der Waals surface area contributed by atoms with Gasteiger partial charge in [-0.2, -0.15) is 0 Å². The summed E-state index contributed by atoms with van der Waals surface area (Å²) in [4.78, 5) is 0. The van der Waals surface area contributed by atoms with Gasteiger partial charge in [0.25, 0.3) is 0 Å². The molecule has 0 radical (unpaired) electrons. The first kappa shape index (κ1) is 12.3. The average molecular weight is 249 g/mol. The Morgan fingerprint density at radius 3 is 2.53 bits per heavy atom. The summed E-state index contributed by atoms with van der Waals surface area (Å²) in [5.74, 6) is 1.87. The van der Waals surface area contributed by atoms with Gasteiger partial charge in [-0.3, -0.25) is 0 Å². The molecule has 1 aliphatic carbocycles. The zero-order valence-electron chi connectivity index (χ0n) is 10.5. The number of halogens is 1. The van der Waals surface area contributed by atoms with E-state index in [1.807, 2.05) is 25.1 Å². The largest absolute Gasteiger partial charge is 0.461 e. The lowest BCUT2D eigenvalue weighted by atomic mass is 10.00. The van der Waals surface area contributed by atoms with E-state index >= 15 is 0 Å². The molecule has 1 aromatic rings. The van der Waals surface area contributed by atoms with Crippen LogP contribution in [-0.4, -0.2) is 0 Å². The molecule has 1 aliphatic rings. The predicted molar refractivity (Wildman–Crippen MR) is 72.5 cm³/mol. The topological polar surface area (TPSA) is 9.23 Å². The lowest BCUT2D eigenvalue weighted by Gasteiger charge is -2.17. The Balaban J connectivity index is 2.21. The Labute approximate surface area is 108 Å². The SMILES string of the molecule is CC1=CC(C)=C(Oc2ccc(C)c(Cl)c2)CC1. The Hall–Kier alpha value is -1.21. The lowest BCUT2D eigenvalue weighted by Crippen LogP contribution is -2.03. The minimum Gasteiger partial charge on any atom is -0.461 e. The van der Waals surface area contributed by atoms with Crippen LogP contribution in [0.3, 0.4) is 0 Å². The third kappa shape index (κ3) is 2.92. The third-order valence-corrected chi connectivity index (χ3v) is 3.44. The van der Waals surface area contributed by atoms with Crippen LogP contribution in [0.5, 0.6) is 5.75 Å². The van der Waals surface area contributed by atoms with Gasteiger partial charge in [-0.15, -0.1) is 0 Å². The standard InChI is InChI=1S/C15H17ClO/c1-10-4-7-15(12(3)8-10)17-13-6-5-11(2)14(16)9-13/h5-6,8-9H,4,7H2,1-3H3. The Bertz CT molecular complexity index is 498. The first-order chi connectivity index (χ1) is 8.06. The molecule has 1 aromatic carbocycles. The molecule has 0 unspecified atom stereocenters. The number of rotatable bonds is 2. The zero-order valence-corrected chi connectivity index (χ0v) is 11.3. The van der Waals surface area contributed by atoms with Gasteiger partial charge in [-0.25, -0.2) is 0 Å². The number of hydrogen-bond acceptors (Lipinski definition) is 1. The summed E-state index contributed by atoms with van der Waals surface area (Å²) < 4.78 is 5.90. The fraction of sp³-hybridized carbons (Fsp3) is 0.333. The van der Waals surface area contributed by atoms with E-state index in [0.717, 1.165) is 34.9 Å². The molecule has 0 aromatic heterocycles. The van der Waals surface area contributed by atoms with Crippen LogP contribution in [-0.2, 0) is 0 Å². The van der Waals surface area contributed by atoms with Crippen molar-refractivity contribution >= 4 is 11.6 Å². The molecular formula is C15H17ClO. The van der Waals surface area contributed by atoms with E-state index in [1.54, 1.807) is 0 Å². The molecule has 0 heterocycles. The van der Waals surface area contributed by atoms with Crippen molar-refractivity contribution in [3.8, 4) is 5.75 Å². The second kappa shape index (κ2) is 4.97. The van der Waals surface area contributed by atoms with E-state index in [1.165, 1.54) is 11.1 Å². The smallest absolute Gasteiger partial charge is 0.128 e. The number of allylic oxidation sites excluding steroid dienone is 4. The number of benzene rings is 1. The number of aryl methyl sites for hydroxylation is 1. The quantitative estimate of drug-likeness (QED) is 0.712. The molecule has 0 amide bonds. The predicted octanol–water partition coefficient (Wildman–Crippen LogP) is 5.04. The van der Waals surface area contributed by atoms with Gasteiger partial charge in [0.15, 0.2) is 0 Å². The summed E-state index contributed by atoms with van der Waals surface area (Å²) in [6, 6.07) is 5.83. The highest BCUT2D eigenvalue weighted by Gasteiger charge is 2.10. The first-order valence-electron chi connectivity index (χ1n) is 5.87. The number of ether oxygens (including phenoxy) is 1. The second-order valence-corrected chi connectivity index (χ2v) is 5.02. The summed E-state index contributed by atoms with van der Waals surface area (Å²) in [6.07, 6.45) is 4.24. The monoisotopic (exact) mass is 248 g/mol.